The fourth-order valence-electron chi connectivity index (χ4n) is 2.02. The summed E-state index contributed by atoms with van der Waals surface area (Å²) in [7, 11) is 0. The molecule has 3 heterocycles. The van der Waals surface area contributed by atoms with Gasteiger partial charge in [-0.25, -0.2) is 20.8 Å². The van der Waals surface area contributed by atoms with Crippen LogP contribution >= 0.6 is 23.1 Å². The number of thiazole rings is 1. The van der Waals surface area contributed by atoms with Gasteiger partial charge >= 0.3 is 0 Å². The van der Waals surface area contributed by atoms with Crippen molar-refractivity contribution in [1.29, 1.82) is 0 Å². The van der Waals surface area contributed by atoms with Gasteiger partial charge in [0, 0.05) is 12.4 Å². The van der Waals surface area contributed by atoms with E-state index < -0.39 is 0 Å². The Morgan fingerprint density at radius 2 is 2.14 bits per heavy atom. The van der Waals surface area contributed by atoms with E-state index >= 15 is 0 Å². The average molecular weight is 314 g/mol. The summed E-state index contributed by atoms with van der Waals surface area (Å²) in [4.78, 5) is 13.4. The number of benzene rings is 1. The molecule has 21 heavy (non-hydrogen) atoms. The van der Waals surface area contributed by atoms with Gasteiger partial charge in [0.25, 0.3) is 0 Å². The molecule has 0 saturated carbocycles. The molecule has 0 atom stereocenters. The maximum absolute atomic E-state index is 5.46. The molecular formula is C13H10N6S2. The Balaban J connectivity index is 1.80. The number of nitrogens with one attached hydrogen (secondary N) is 1. The molecule has 1 aromatic carbocycles. The van der Waals surface area contributed by atoms with E-state index in [1.165, 1.54) is 11.8 Å². The van der Waals surface area contributed by atoms with Gasteiger partial charge in [0.1, 0.15) is 5.03 Å². The first-order chi connectivity index (χ1) is 10.3. The molecule has 3 aromatic heterocycles. The third kappa shape index (κ3) is 2.23. The quantitative estimate of drug-likeness (QED) is 0.447. The minimum absolute atomic E-state index is 0.587. The smallest absolute Gasteiger partial charge is 0.170 e. The number of hydrogen-bond donors (Lipinski definition) is 2. The van der Waals surface area contributed by atoms with Crippen LogP contribution in [-0.4, -0.2) is 19.4 Å². The standard InChI is InChI=1S/C13H10N6S2/c14-18-10-7-19-6-5-15-11(19)12(17-10)21-13-16-8-3-1-2-4-9(8)20-13/h1-7,18H,14H2. The lowest BCUT2D eigenvalue weighted by molar-refractivity contribution is 1.02. The van der Waals surface area contributed by atoms with Gasteiger partial charge in [0.15, 0.2) is 15.8 Å². The van der Waals surface area contributed by atoms with Crippen molar-refractivity contribution in [3.05, 3.63) is 42.9 Å². The van der Waals surface area contributed by atoms with Crippen LogP contribution in [0.3, 0.4) is 0 Å². The monoisotopic (exact) mass is 314 g/mol. The van der Waals surface area contributed by atoms with E-state index in [-0.39, 0.29) is 0 Å². The van der Waals surface area contributed by atoms with Crippen LogP contribution in [0.15, 0.2) is 52.2 Å². The Morgan fingerprint density at radius 1 is 1.24 bits per heavy atom. The molecule has 0 aliphatic rings. The first-order valence-electron chi connectivity index (χ1n) is 6.17. The first-order valence-corrected chi connectivity index (χ1v) is 7.80. The van der Waals surface area contributed by atoms with Gasteiger partial charge in [-0.15, -0.1) is 11.3 Å². The van der Waals surface area contributed by atoms with Crippen molar-refractivity contribution in [3.8, 4) is 0 Å². The number of para-hydroxylation sites is 1. The lowest BCUT2D eigenvalue weighted by atomic mass is 10.3. The molecule has 0 amide bonds. The van der Waals surface area contributed by atoms with Gasteiger partial charge in [-0.2, -0.15) is 0 Å². The Hall–Kier alpha value is -2.16. The second kappa shape index (κ2) is 4.99. The van der Waals surface area contributed by atoms with Gasteiger partial charge in [0.05, 0.1) is 16.4 Å². The highest BCUT2D eigenvalue weighted by Crippen LogP contribution is 2.35. The molecule has 0 bridgehead atoms. The average Bonchev–Trinajstić information content (AvgIpc) is 3.12. The predicted octanol–water partition coefficient (Wildman–Crippen LogP) is 2.78. The number of aromatic nitrogens is 4. The summed E-state index contributed by atoms with van der Waals surface area (Å²) in [5.41, 5.74) is 4.36. The highest BCUT2D eigenvalue weighted by molar-refractivity contribution is 8.01. The van der Waals surface area contributed by atoms with Crippen molar-refractivity contribution in [2.45, 2.75) is 9.37 Å². The summed E-state index contributed by atoms with van der Waals surface area (Å²) in [5.74, 6) is 6.05. The molecule has 4 aromatic rings. The molecule has 6 nitrogen and oxygen atoms in total. The Labute approximate surface area is 128 Å². The zero-order valence-electron chi connectivity index (χ0n) is 10.7. The first kappa shape index (κ1) is 12.6. The second-order valence-corrected chi connectivity index (χ2v) is 6.55. The maximum Gasteiger partial charge on any atom is 0.170 e. The Morgan fingerprint density at radius 3 is 3.00 bits per heavy atom. The zero-order valence-corrected chi connectivity index (χ0v) is 12.4. The van der Waals surface area contributed by atoms with Crippen molar-refractivity contribution in [3.63, 3.8) is 0 Å². The van der Waals surface area contributed by atoms with Gasteiger partial charge < -0.3 is 9.83 Å². The summed E-state index contributed by atoms with van der Waals surface area (Å²) in [6.45, 7) is 0. The molecule has 0 radical (unpaired) electrons. The number of nitrogens with two attached hydrogens (primary N) is 1. The second-order valence-electron chi connectivity index (χ2n) is 4.28. The van der Waals surface area contributed by atoms with Crippen LogP contribution in [0.25, 0.3) is 15.9 Å². The van der Waals surface area contributed by atoms with E-state index in [4.69, 9.17) is 5.84 Å². The van der Waals surface area contributed by atoms with Crippen LogP contribution < -0.4 is 11.3 Å². The lowest BCUT2D eigenvalue weighted by Gasteiger charge is -2.04. The Bertz CT molecular complexity index is 896. The summed E-state index contributed by atoms with van der Waals surface area (Å²) in [6, 6.07) is 8.07. The van der Waals surface area contributed by atoms with E-state index in [0.717, 1.165) is 25.2 Å². The van der Waals surface area contributed by atoms with Crippen LogP contribution in [-0.2, 0) is 0 Å². The number of imidazole rings is 1. The van der Waals surface area contributed by atoms with E-state index in [1.807, 2.05) is 28.8 Å². The highest BCUT2D eigenvalue weighted by Gasteiger charge is 2.12. The summed E-state index contributed by atoms with van der Waals surface area (Å²) in [6.07, 6.45) is 5.39. The molecule has 3 N–H and O–H groups in total. The molecule has 0 saturated heterocycles. The number of rotatable bonds is 3. The Kier molecular flexibility index (Phi) is 2.99. The molecule has 4 rings (SSSR count). The number of fused-ring (bicyclic) bond motifs is 2. The van der Waals surface area contributed by atoms with Gasteiger partial charge in [-0.05, 0) is 23.9 Å². The van der Waals surface area contributed by atoms with E-state index in [9.17, 15) is 0 Å². The molecule has 0 fully saturated rings. The molecule has 0 aliphatic carbocycles. The van der Waals surface area contributed by atoms with Crippen LogP contribution in [0.4, 0.5) is 5.82 Å². The normalized spacial score (nSPS) is 11.3. The van der Waals surface area contributed by atoms with Crippen molar-refractivity contribution in [1.82, 2.24) is 19.4 Å². The minimum Gasteiger partial charge on any atom is -0.307 e. The maximum atomic E-state index is 5.46. The van der Waals surface area contributed by atoms with Gasteiger partial charge in [-0.3, -0.25) is 0 Å². The predicted molar refractivity (Wildman–Crippen MR) is 84.5 cm³/mol. The summed E-state index contributed by atoms with van der Waals surface area (Å²) in [5, 5.41) is 0.773. The van der Waals surface area contributed by atoms with Gasteiger partial charge in [-0.1, -0.05) is 12.1 Å². The number of nitrogen functional groups attached to an aromatic ring is 1. The highest BCUT2D eigenvalue weighted by atomic mass is 32.2. The molecule has 0 aliphatic heterocycles. The van der Waals surface area contributed by atoms with Crippen LogP contribution in [0, 0.1) is 0 Å². The fraction of sp³-hybridized carbons (Fsp3) is 0. The number of hydrazine groups is 1. The number of hydrogen-bond acceptors (Lipinski definition) is 7. The number of anilines is 1. The van der Waals surface area contributed by atoms with Crippen molar-refractivity contribution in [2.24, 2.45) is 5.84 Å². The van der Waals surface area contributed by atoms with Crippen LogP contribution in [0.5, 0.6) is 0 Å². The van der Waals surface area contributed by atoms with Crippen LogP contribution in [0.2, 0.25) is 0 Å². The minimum atomic E-state index is 0.587. The molecule has 8 heteroatoms. The topological polar surface area (TPSA) is 81.1 Å². The molecular weight excluding hydrogens is 304 g/mol. The fourth-order valence-corrected chi connectivity index (χ4v) is 4.09. The van der Waals surface area contributed by atoms with E-state index in [2.05, 4.69) is 26.4 Å². The van der Waals surface area contributed by atoms with Crippen molar-refractivity contribution in [2.75, 3.05) is 5.43 Å². The largest absolute Gasteiger partial charge is 0.307 e. The van der Waals surface area contributed by atoms with Gasteiger partial charge in [0.2, 0.25) is 0 Å². The lowest BCUT2D eigenvalue weighted by Crippen LogP contribution is -2.10. The zero-order chi connectivity index (χ0) is 14.2. The third-order valence-electron chi connectivity index (χ3n) is 2.95. The third-order valence-corrected chi connectivity index (χ3v) is 5.01. The van der Waals surface area contributed by atoms with E-state index in [0.29, 0.717) is 5.82 Å². The van der Waals surface area contributed by atoms with Crippen molar-refractivity contribution < 1.29 is 0 Å². The molecule has 104 valence electrons. The summed E-state index contributed by atoms with van der Waals surface area (Å²) < 4.78 is 3.98. The van der Waals surface area contributed by atoms with E-state index in [1.54, 1.807) is 23.7 Å². The SMILES string of the molecule is NNc1cn2ccnc2c(Sc2nc3ccccc3s2)n1. The van der Waals surface area contributed by atoms with Crippen molar-refractivity contribution >= 4 is 44.8 Å². The molecule has 0 spiro atoms. The number of nitrogens with zero attached hydrogens (tertiary/aromatic N) is 4. The van der Waals surface area contributed by atoms with Crippen LogP contribution in [0.1, 0.15) is 0 Å². The summed E-state index contributed by atoms with van der Waals surface area (Å²) >= 11 is 3.13. The molecule has 0 unspecified atom stereocenters.